The predicted octanol–water partition coefficient (Wildman–Crippen LogP) is 7.07. The molecule has 4 aromatic rings. The summed E-state index contributed by atoms with van der Waals surface area (Å²) in [6.07, 6.45) is -0.225. The number of nitrogens with zero attached hydrogens (tertiary/aromatic N) is 3. The van der Waals surface area contributed by atoms with E-state index in [1.54, 1.807) is 30.6 Å². The minimum atomic E-state index is -4.74. The molecule has 4 rings (SSSR count). The number of carboxylic acid groups (broad SMARTS) is 1. The Hall–Kier alpha value is -4.21. The highest BCUT2D eigenvalue weighted by atomic mass is 19.4. The number of benzene rings is 2. The van der Waals surface area contributed by atoms with Crippen LogP contribution in [0.25, 0.3) is 22.0 Å². The van der Waals surface area contributed by atoms with Gasteiger partial charge in [-0.1, -0.05) is 38.1 Å². The van der Waals surface area contributed by atoms with E-state index in [9.17, 15) is 22.8 Å². The van der Waals surface area contributed by atoms with Crippen molar-refractivity contribution in [1.82, 2.24) is 14.8 Å². The van der Waals surface area contributed by atoms with Crippen LogP contribution in [0.2, 0.25) is 0 Å². The van der Waals surface area contributed by atoms with Gasteiger partial charge in [0.25, 0.3) is 0 Å². The zero-order valence-electron chi connectivity index (χ0n) is 21.5. The highest BCUT2D eigenvalue weighted by Crippen LogP contribution is 2.32. The van der Waals surface area contributed by atoms with Gasteiger partial charge in [0.2, 0.25) is 0 Å². The van der Waals surface area contributed by atoms with Crippen LogP contribution >= 0.6 is 0 Å². The molecular weight excluding hydrogens is 511 g/mol. The first-order valence-electron chi connectivity index (χ1n) is 12.5. The molecule has 7 nitrogen and oxygen atoms in total. The highest BCUT2D eigenvalue weighted by molar-refractivity contribution is 5.94. The first-order valence-corrected chi connectivity index (χ1v) is 12.5. The quantitative estimate of drug-likeness (QED) is 0.205. The lowest BCUT2D eigenvalue weighted by Crippen LogP contribution is -2.16. The number of ketones is 1. The summed E-state index contributed by atoms with van der Waals surface area (Å²) < 4.78 is 43.3. The molecule has 0 aliphatic carbocycles. The Morgan fingerprint density at radius 1 is 0.974 bits per heavy atom. The standard InChI is InChI=1S/C29H28F3N3O4/c1-18(2)14-26(21-8-12-24(33-16-21)27(36)4-3-5-28(37)38)35-25-13-9-20(15-22(25)17-34-35)19-6-10-23(11-7-19)39-29(30,31)32/h6-13,15-18,26H,3-5,14H2,1-2H3,(H,37,38). The number of ether oxygens (including phenoxy) is 1. The van der Waals surface area contributed by atoms with Gasteiger partial charge in [0.1, 0.15) is 11.4 Å². The fraction of sp³-hybridized carbons (Fsp3) is 0.310. The molecule has 2 heterocycles. The van der Waals surface area contributed by atoms with Crippen LogP contribution in [0.3, 0.4) is 0 Å². The van der Waals surface area contributed by atoms with Crippen molar-refractivity contribution in [3.63, 3.8) is 0 Å². The average molecular weight is 540 g/mol. The summed E-state index contributed by atoms with van der Waals surface area (Å²) in [7, 11) is 0. The average Bonchev–Trinajstić information content (AvgIpc) is 3.29. The van der Waals surface area contributed by atoms with E-state index in [2.05, 4.69) is 28.7 Å². The van der Waals surface area contributed by atoms with Gasteiger partial charge >= 0.3 is 12.3 Å². The predicted molar refractivity (Wildman–Crippen MR) is 140 cm³/mol. The van der Waals surface area contributed by atoms with Crippen molar-refractivity contribution in [3.8, 4) is 16.9 Å². The van der Waals surface area contributed by atoms with E-state index in [1.165, 1.54) is 12.1 Å². The van der Waals surface area contributed by atoms with Crippen LogP contribution in [-0.4, -0.2) is 38.0 Å². The Bertz CT molecular complexity index is 1450. The maximum atomic E-state index is 12.5. The zero-order valence-corrected chi connectivity index (χ0v) is 21.5. The highest BCUT2D eigenvalue weighted by Gasteiger charge is 2.31. The first-order chi connectivity index (χ1) is 18.5. The van der Waals surface area contributed by atoms with E-state index < -0.39 is 12.3 Å². The van der Waals surface area contributed by atoms with Crippen LogP contribution in [0.15, 0.2) is 67.0 Å². The SMILES string of the molecule is CC(C)CC(c1ccc(C(=O)CCCC(=O)O)nc1)n1ncc2cc(-c3ccc(OC(F)(F)F)cc3)ccc21. The second kappa shape index (κ2) is 11.7. The molecule has 0 spiro atoms. The van der Waals surface area contributed by atoms with E-state index in [0.29, 0.717) is 11.6 Å². The lowest BCUT2D eigenvalue weighted by Gasteiger charge is -2.21. The van der Waals surface area contributed by atoms with Crippen LogP contribution in [0, 0.1) is 5.92 Å². The number of alkyl halides is 3. The summed E-state index contributed by atoms with van der Waals surface area (Å²) in [5, 5.41) is 14.3. The molecule has 0 saturated heterocycles. The number of Topliss-reactive ketones (excluding diaryl/α,β-unsaturated/α-hetero) is 1. The van der Waals surface area contributed by atoms with Crippen LogP contribution in [-0.2, 0) is 4.79 Å². The fourth-order valence-corrected chi connectivity index (χ4v) is 4.45. The molecule has 2 aromatic heterocycles. The van der Waals surface area contributed by atoms with E-state index in [4.69, 9.17) is 5.11 Å². The lowest BCUT2D eigenvalue weighted by atomic mass is 9.97. The summed E-state index contributed by atoms with van der Waals surface area (Å²) in [5.74, 6) is -1.07. The van der Waals surface area contributed by atoms with Gasteiger partial charge < -0.3 is 9.84 Å². The Labute approximate surface area is 223 Å². The van der Waals surface area contributed by atoms with Crippen LogP contribution in [0.4, 0.5) is 13.2 Å². The van der Waals surface area contributed by atoms with E-state index >= 15 is 0 Å². The number of carboxylic acids is 1. The topological polar surface area (TPSA) is 94.3 Å². The van der Waals surface area contributed by atoms with E-state index in [0.717, 1.165) is 34.0 Å². The van der Waals surface area contributed by atoms with Crippen molar-refractivity contribution in [2.75, 3.05) is 0 Å². The van der Waals surface area contributed by atoms with Gasteiger partial charge in [-0.15, -0.1) is 13.2 Å². The molecule has 0 aliphatic rings. The van der Waals surface area contributed by atoms with Crippen molar-refractivity contribution in [3.05, 3.63) is 78.2 Å². The Kier molecular flexibility index (Phi) is 8.32. The van der Waals surface area contributed by atoms with E-state index in [1.807, 2.05) is 28.9 Å². The number of carbonyl (C=O) groups is 2. The Morgan fingerprint density at radius 3 is 2.31 bits per heavy atom. The Morgan fingerprint density at radius 2 is 1.69 bits per heavy atom. The normalized spacial score (nSPS) is 12.6. The van der Waals surface area contributed by atoms with Crippen molar-refractivity contribution in [2.45, 2.75) is 51.9 Å². The maximum Gasteiger partial charge on any atom is 0.573 e. The molecule has 1 atom stereocenters. The van der Waals surface area contributed by atoms with E-state index in [-0.39, 0.29) is 36.8 Å². The number of carbonyl (C=O) groups excluding carboxylic acids is 1. The number of aliphatic carboxylic acids is 1. The molecule has 39 heavy (non-hydrogen) atoms. The van der Waals surface area contributed by atoms with Crippen LogP contribution in [0.5, 0.6) is 5.75 Å². The van der Waals surface area contributed by atoms with Crippen LogP contribution < -0.4 is 4.74 Å². The van der Waals surface area contributed by atoms with Gasteiger partial charge in [-0.05, 0) is 65.8 Å². The fourth-order valence-electron chi connectivity index (χ4n) is 4.45. The van der Waals surface area contributed by atoms with Gasteiger partial charge in [-0.25, -0.2) is 0 Å². The van der Waals surface area contributed by atoms with Gasteiger partial charge in [0.15, 0.2) is 5.78 Å². The van der Waals surface area contributed by atoms with Gasteiger partial charge in [-0.3, -0.25) is 19.3 Å². The molecule has 204 valence electrons. The molecule has 0 amide bonds. The maximum absolute atomic E-state index is 12.5. The van der Waals surface area contributed by atoms with Crippen LogP contribution in [0.1, 0.15) is 61.6 Å². The second-order valence-electron chi connectivity index (χ2n) is 9.73. The smallest absolute Gasteiger partial charge is 0.481 e. The third-order valence-corrected chi connectivity index (χ3v) is 6.26. The number of aromatic nitrogens is 3. The molecule has 0 fully saturated rings. The largest absolute Gasteiger partial charge is 0.573 e. The third-order valence-electron chi connectivity index (χ3n) is 6.26. The Balaban J connectivity index is 1.57. The number of hydrogen-bond acceptors (Lipinski definition) is 5. The van der Waals surface area contributed by atoms with Crippen molar-refractivity contribution in [2.24, 2.45) is 5.92 Å². The molecule has 1 unspecified atom stereocenters. The zero-order chi connectivity index (χ0) is 28.2. The molecular formula is C29H28F3N3O4. The lowest BCUT2D eigenvalue weighted by molar-refractivity contribution is -0.274. The van der Waals surface area contributed by atoms with Crippen molar-refractivity contribution >= 4 is 22.7 Å². The monoisotopic (exact) mass is 539 g/mol. The molecule has 1 N–H and O–H groups in total. The van der Waals surface area contributed by atoms with Crippen molar-refractivity contribution in [1.29, 1.82) is 0 Å². The molecule has 0 aliphatic heterocycles. The molecule has 0 bridgehead atoms. The number of fused-ring (bicyclic) bond motifs is 1. The summed E-state index contributed by atoms with van der Waals surface area (Å²) in [4.78, 5) is 27.4. The number of pyridine rings is 1. The summed E-state index contributed by atoms with van der Waals surface area (Å²) in [6.45, 7) is 4.22. The van der Waals surface area contributed by atoms with Gasteiger partial charge in [-0.2, -0.15) is 5.10 Å². The number of hydrogen-bond donors (Lipinski definition) is 1. The molecule has 10 heteroatoms. The molecule has 0 radical (unpaired) electrons. The number of rotatable bonds is 11. The van der Waals surface area contributed by atoms with Gasteiger partial charge in [0.05, 0.1) is 17.8 Å². The minimum Gasteiger partial charge on any atom is -0.481 e. The molecule has 2 aromatic carbocycles. The van der Waals surface area contributed by atoms with Gasteiger partial charge in [0, 0.05) is 24.4 Å². The van der Waals surface area contributed by atoms with Crippen molar-refractivity contribution < 1.29 is 32.6 Å². The minimum absolute atomic E-state index is 0.0633. The summed E-state index contributed by atoms with van der Waals surface area (Å²) >= 11 is 0. The number of halogens is 3. The summed E-state index contributed by atoms with van der Waals surface area (Å²) in [6, 6.07) is 14.8. The molecule has 0 saturated carbocycles. The summed E-state index contributed by atoms with van der Waals surface area (Å²) in [5.41, 5.74) is 3.64. The first kappa shape index (κ1) is 27.8. The second-order valence-corrected chi connectivity index (χ2v) is 9.73. The third kappa shape index (κ3) is 7.22.